The lowest BCUT2D eigenvalue weighted by molar-refractivity contribution is 0.416. The van der Waals surface area contributed by atoms with Gasteiger partial charge in [0.15, 0.2) is 0 Å². The summed E-state index contributed by atoms with van der Waals surface area (Å²) in [5.41, 5.74) is 4.41. The van der Waals surface area contributed by atoms with Crippen LogP contribution >= 0.6 is 11.6 Å². The maximum absolute atomic E-state index is 9.57. The van der Waals surface area contributed by atoms with Crippen LogP contribution in [-0.4, -0.2) is 12.2 Å². The molecule has 2 aromatic rings. The zero-order chi connectivity index (χ0) is 15.0. The van der Waals surface area contributed by atoms with E-state index in [1.807, 2.05) is 31.2 Å². The fraction of sp³-hybridized carbons (Fsp3) is 0.294. The fourth-order valence-electron chi connectivity index (χ4n) is 2.89. The van der Waals surface area contributed by atoms with Crippen LogP contribution in [0.1, 0.15) is 29.2 Å². The van der Waals surface area contributed by atoms with Gasteiger partial charge >= 0.3 is 0 Å². The van der Waals surface area contributed by atoms with Crippen LogP contribution in [0.25, 0.3) is 0 Å². The second-order valence-corrected chi connectivity index (χ2v) is 5.83. The molecule has 0 amide bonds. The SMILES string of the molecule is COc1cc(Cl)c(C)cc1NC1CCc2cc(O)ccc21. The molecular formula is C17H18ClNO2. The molecule has 1 aliphatic carbocycles. The summed E-state index contributed by atoms with van der Waals surface area (Å²) in [4.78, 5) is 0. The van der Waals surface area contributed by atoms with Crippen molar-refractivity contribution < 1.29 is 9.84 Å². The summed E-state index contributed by atoms with van der Waals surface area (Å²) >= 11 is 6.14. The van der Waals surface area contributed by atoms with Crippen LogP contribution in [-0.2, 0) is 6.42 Å². The van der Waals surface area contributed by atoms with Crippen molar-refractivity contribution >= 4 is 17.3 Å². The summed E-state index contributed by atoms with van der Waals surface area (Å²) in [6.45, 7) is 1.98. The van der Waals surface area contributed by atoms with Gasteiger partial charge < -0.3 is 15.2 Å². The highest BCUT2D eigenvalue weighted by molar-refractivity contribution is 6.31. The van der Waals surface area contributed by atoms with Gasteiger partial charge in [-0.25, -0.2) is 0 Å². The van der Waals surface area contributed by atoms with Crippen molar-refractivity contribution in [3.05, 3.63) is 52.0 Å². The van der Waals surface area contributed by atoms with Gasteiger partial charge in [0.05, 0.1) is 18.8 Å². The minimum Gasteiger partial charge on any atom is -0.508 e. The van der Waals surface area contributed by atoms with Crippen molar-refractivity contribution in [2.24, 2.45) is 0 Å². The van der Waals surface area contributed by atoms with E-state index in [1.54, 1.807) is 13.2 Å². The van der Waals surface area contributed by atoms with Crippen LogP contribution in [0.5, 0.6) is 11.5 Å². The van der Waals surface area contributed by atoms with Crippen LogP contribution in [0.3, 0.4) is 0 Å². The van der Waals surface area contributed by atoms with Crippen LogP contribution in [0, 0.1) is 6.92 Å². The zero-order valence-electron chi connectivity index (χ0n) is 12.1. The van der Waals surface area contributed by atoms with Crippen LogP contribution < -0.4 is 10.1 Å². The molecule has 0 saturated carbocycles. The Morgan fingerprint density at radius 3 is 2.86 bits per heavy atom. The Labute approximate surface area is 129 Å². The summed E-state index contributed by atoms with van der Waals surface area (Å²) in [7, 11) is 1.65. The molecule has 0 bridgehead atoms. The Bertz CT molecular complexity index is 685. The largest absolute Gasteiger partial charge is 0.508 e. The topological polar surface area (TPSA) is 41.5 Å². The maximum Gasteiger partial charge on any atom is 0.143 e. The van der Waals surface area contributed by atoms with Gasteiger partial charge in [0.2, 0.25) is 0 Å². The van der Waals surface area contributed by atoms with Gasteiger partial charge in [-0.1, -0.05) is 17.7 Å². The van der Waals surface area contributed by atoms with Crippen molar-refractivity contribution in [3.8, 4) is 11.5 Å². The molecule has 1 unspecified atom stereocenters. The van der Waals surface area contributed by atoms with Crippen molar-refractivity contribution in [2.45, 2.75) is 25.8 Å². The van der Waals surface area contributed by atoms with Crippen LogP contribution in [0.4, 0.5) is 5.69 Å². The number of fused-ring (bicyclic) bond motifs is 1. The van der Waals surface area contributed by atoms with Crippen molar-refractivity contribution in [3.63, 3.8) is 0 Å². The van der Waals surface area contributed by atoms with Gasteiger partial charge in [-0.05, 0) is 54.7 Å². The predicted octanol–water partition coefficient (Wildman–Crippen LogP) is 4.46. The molecule has 110 valence electrons. The Morgan fingerprint density at radius 2 is 2.10 bits per heavy atom. The van der Waals surface area contributed by atoms with E-state index in [4.69, 9.17) is 16.3 Å². The van der Waals surface area contributed by atoms with E-state index in [0.29, 0.717) is 10.8 Å². The molecule has 0 radical (unpaired) electrons. The quantitative estimate of drug-likeness (QED) is 0.879. The second-order valence-electron chi connectivity index (χ2n) is 5.42. The molecule has 0 aliphatic heterocycles. The number of halogens is 1. The molecule has 1 aliphatic rings. The smallest absolute Gasteiger partial charge is 0.143 e. The van der Waals surface area contributed by atoms with Crippen molar-refractivity contribution in [1.29, 1.82) is 0 Å². The number of nitrogens with one attached hydrogen (secondary N) is 1. The number of benzene rings is 2. The number of anilines is 1. The first-order valence-electron chi connectivity index (χ1n) is 7.01. The predicted molar refractivity (Wildman–Crippen MR) is 85.5 cm³/mol. The van der Waals surface area contributed by atoms with E-state index >= 15 is 0 Å². The number of methoxy groups -OCH3 is 1. The molecule has 3 rings (SSSR count). The average molecular weight is 304 g/mol. The van der Waals surface area contributed by atoms with Crippen molar-refractivity contribution in [1.82, 2.24) is 0 Å². The Morgan fingerprint density at radius 1 is 1.29 bits per heavy atom. The lowest BCUT2D eigenvalue weighted by atomic mass is 10.1. The first-order chi connectivity index (χ1) is 10.1. The molecule has 3 nitrogen and oxygen atoms in total. The molecular weight excluding hydrogens is 286 g/mol. The van der Waals surface area contributed by atoms with Gasteiger partial charge in [0.1, 0.15) is 11.5 Å². The number of rotatable bonds is 3. The monoisotopic (exact) mass is 303 g/mol. The summed E-state index contributed by atoms with van der Waals surface area (Å²) in [6, 6.07) is 9.66. The number of aryl methyl sites for hydroxylation is 2. The minimum absolute atomic E-state index is 0.232. The van der Waals surface area contributed by atoms with Gasteiger partial charge in [0, 0.05) is 11.1 Å². The number of hydrogen-bond acceptors (Lipinski definition) is 3. The second kappa shape index (κ2) is 5.49. The number of phenolic OH excluding ortho intramolecular Hbond substituents is 1. The van der Waals surface area contributed by atoms with Crippen LogP contribution in [0.15, 0.2) is 30.3 Å². The fourth-order valence-corrected chi connectivity index (χ4v) is 3.04. The minimum atomic E-state index is 0.232. The first kappa shape index (κ1) is 14.1. The van der Waals surface area contributed by atoms with E-state index in [2.05, 4.69) is 5.32 Å². The summed E-state index contributed by atoms with van der Waals surface area (Å²) in [5.74, 6) is 1.08. The molecule has 4 heteroatoms. The number of phenols is 1. The molecule has 2 N–H and O–H groups in total. The molecule has 1 atom stereocenters. The Balaban J connectivity index is 1.91. The highest BCUT2D eigenvalue weighted by atomic mass is 35.5. The normalized spacial score (nSPS) is 16.6. The third kappa shape index (κ3) is 2.66. The first-order valence-corrected chi connectivity index (χ1v) is 7.38. The van der Waals surface area contributed by atoms with Gasteiger partial charge in [-0.3, -0.25) is 0 Å². The molecule has 0 heterocycles. The van der Waals surface area contributed by atoms with Gasteiger partial charge in [-0.15, -0.1) is 0 Å². The third-order valence-electron chi connectivity index (χ3n) is 4.01. The van der Waals surface area contributed by atoms with E-state index < -0.39 is 0 Å². The van der Waals surface area contributed by atoms with E-state index in [-0.39, 0.29) is 6.04 Å². The zero-order valence-corrected chi connectivity index (χ0v) is 12.9. The molecule has 2 aromatic carbocycles. The average Bonchev–Trinajstić information content (AvgIpc) is 2.84. The van der Waals surface area contributed by atoms with E-state index in [1.165, 1.54) is 11.1 Å². The third-order valence-corrected chi connectivity index (χ3v) is 4.42. The Kier molecular flexibility index (Phi) is 3.68. The highest BCUT2D eigenvalue weighted by Crippen LogP contribution is 2.39. The van der Waals surface area contributed by atoms with Gasteiger partial charge in [-0.2, -0.15) is 0 Å². The molecule has 0 spiro atoms. The molecule has 0 fully saturated rings. The summed E-state index contributed by atoms with van der Waals surface area (Å²) in [6.07, 6.45) is 1.97. The summed E-state index contributed by atoms with van der Waals surface area (Å²) in [5, 5.41) is 13.8. The number of aromatic hydroxyl groups is 1. The Hall–Kier alpha value is -1.87. The lowest BCUT2D eigenvalue weighted by Gasteiger charge is -2.19. The van der Waals surface area contributed by atoms with Crippen LogP contribution in [0.2, 0.25) is 5.02 Å². The molecule has 0 saturated heterocycles. The standard InChI is InChI=1S/C17H18ClNO2/c1-10-7-16(17(21-2)9-14(10)18)19-15-6-3-11-8-12(20)4-5-13(11)15/h4-5,7-9,15,19-20H,3,6H2,1-2H3. The molecule has 21 heavy (non-hydrogen) atoms. The number of hydrogen-bond donors (Lipinski definition) is 2. The lowest BCUT2D eigenvalue weighted by Crippen LogP contribution is -2.08. The maximum atomic E-state index is 9.57. The van der Waals surface area contributed by atoms with E-state index in [0.717, 1.165) is 29.8 Å². The highest BCUT2D eigenvalue weighted by Gasteiger charge is 2.23. The van der Waals surface area contributed by atoms with Gasteiger partial charge in [0.25, 0.3) is 0 Å². The van der Waals surface area contributed by atoms with E-state index in [9.17, 15) is 5.11 Å². The van der Waals surface area contributed by atoms with Crippen molar-refractivity contribution in [2.75, 3.05) is 12.4 Å². The number of ether oxygens (including phenoxy) is 1. The summed E-state index contributed by atoms with van der Waals surface area (Å²) < 4.78 is 5.41. The molecule has 0 aromatic heterocycles.